The minimum atomic E-state index is -4.49. The van der Waals surface area contributed by atoms with Gasteiger partial charge in [0.25, 0.3) is 10.1 Å². The maximum Gasteiger partial charge on any atom is 0.338 e. The van der Waals surface area contributed by atoms with E-state index in [1.54, 1.807) is 97.9 Å². The molecular formula is C52H58FN3O12S2. The van der Waals surface area contributed by atoms with Crippen molar-refractivity contribution < 1.29 is 59.1 Å². The van der Waals surface area contributed by atoms with Crippen molar-refractivity contribution >= 4 is 49.3 Å². The molecule has 0 aromatic heterocycles. The van der Waals surface area contributed by atoms with E-state index < -0.39 is 92.7 Å². The van der Waals surface area contributed by atoms with Crippen LogP contribution in [0.3, 0.4) is 0 Å². The fourth-order valence-electron chi connectivity index (χ4n) is 8.99. The molecule has 2 aliphatic rings. The number of aliphatic hydroxyl groups excluding tert-OH is 1. The van der Waals surface area contributed by atoms with Crippen molar-refractivity contribution in [3.8, 4) is 0 Å². The lowest BCUT2D eigenvalue weighted by atomic mass is 9.69. The number of carbonyl (C=O) groups is 3. The summed E-state index contributed by atoms with van der Waals surface area (Å²) in [6, 6.07) is 31.7. The van der Waals surface area contributed by atoms with Gasteiger partial charge in [-0.25, -0.2) is 27.2 Å². The van der Waals surface area contributed by atoms with Crippen molar-refractivity contribution in [3.05, 3.63) is 155 Å². The maximum absolute atomic E-state index is 17.0. The third kappa shape index (κ3) is 11.5. The fraction of sp³-hybridized carbons (Fsp3) is 0.365. The summed E-state index contributed by atoms with van der Waals surface area (Å²) < 4.78 is 95.0. The van der Waals surface area contributed by atoms with Crippen LogP contribution in [0.1, 0.15) is 82.9 Å². The van der Waals surface area contributed by atoms with Crippen molar-refractivity contribution in [3.63, 3.8) is 0 Å². The molecule has 2 heterocycles. The zero-order chi connectivity index (χ0) is 50.4. The van der Waals surface area contributed by atoms with Gasteiger partial charge in [-0.2, -0.15) is 8.42 Å². The summed E-state index contributed by atoms with van der Waals surface area (Å²) in [7, 11) is -4.73. The second-order valence-corrected chi connectivity index (χ2v) is 21.5. The molecule has 15 nitrogen and oxygen atoms in total. The number of benzene rings is 5. The molecule has 0 radical (unpaired) electrons. The molecule has 8 atom stereocenters. The molecule has 2 amide bonds. The van der Waals surface area contributed by atoms with Crippen molar-refractivity contribution in [2.24, 2.45) is 5.41 Å². The number of carbonyl (C=O) groups excluding carboxylic acids is 3. The molecular weight excluding hydrogens is 942 g/mol. The highest BCUT2D eigenvalue weighted by molar-refractivity contribution is 7.91. The number of nitrogens with one attached hydrogen (secondary N) is 2. The van der Waals surface area contributed by atoms with Gasteiger partial charge in [0, 0.05) is 36.8 Å². The van der Waals surface area contributed by atoms with Crippen LogP contribution in [0.2, 0.25) is 0 Å². The number of halogens is 1. The van der Waals surface area contributed by atoms with Gasteiger partial charge in [0.2, 0.25) is 0 Å². The van der Waals surface area contributed by atoms with Gasteiger partial charge in [-0.15, -0.1) is 0 Å². The first-order chi connectivity index (χ1) is 33.4. The highest BCUT2D eigenvalue weighted by Gasteiger charge is 2.53. The number of esters is 2. The average molecular weight is 1000 g/mol. The lowest BCUT2D eigenvalue weighted by molar-refractivity contribution is -0.214. The Morgan fingerprint density at radius 3 is 2.07 bits per heavy atom. The first kappa shape index (κ1) is 51.7. The summed E-state index contributed by atoms with van der Waals surface area (Å²) in [5.41, 5.74) is 1.61. The largest absolute Gasteiger partial charge is 0.451 e. The average Bonchev–Trinajstić information content (AvgIpc) is 3.41. The number of hydrogen-bond donors (Lipinski definition) is 3. The van der Waals surface area contributed by atoms with Crippen LogP contribution >= 0.6 is 0 Å². The van der Waals surface area contributed by atoms with E-state index in [9.17, 15) is 36.3 Å². The molecule has 372 valence electrons. The first-order valence-corrected chi connectivity index (χ1v) is 26.1. The van der Waals surface area contributed by atoms with E-state index in [1.165, 1.54) is 36.4 Å². The van der Waals surface area contributed by atoms with E-state index in [2.05, 4.69) is 10.6 Å². The molecule has 0 unspecified atom stereocenters. The summed E-state index contributed by atoms with van der Waals surface area (Å²) in [6.07, 6.45) is -8.76. The van der Waals surface area contributed by atoms with Gasteiger partial charge in [0.15, 0.2) is 34.4 Å². The predicted molar refractivity (Wildman–Crippen MR) is 261 cm³/mol. The van der Waals surface area contributed by atoms with Crippen molar-refractivity contribution in [1.29, 1.82) is 0 Å². The molecule has 2 aliphatic heterocycles. The predicted octanol–water partition coefficient (Wildman–Crippen LogP) is 7.97. The van der Waals surface area contributed by atoms with Crippen LogP contribution in [0, 0.1) is 12.3 Å². The first-order valence-electron chi connectivity index (χ1n) is 23.0. The minimum Gasteiger partial charge on any atom is -0.451 e. The van der Waals surface area contributed by atoms with Gasteiger partial charge in [-0.1, -0.05) is 92.9 Å². The Morgan fingerprint density at radius 1 is 0.843 bits per heavy atom. The summed E-state index contributed by atoms with van der Waals surface area (Å²) in [6.45, 7) is 4.69. The molecule has 1 fully saturated rings. The summed E-state index contributed by atoms with van der Waals surface area (Å²) in [5, 5.41) is 17.8. The van der Waals surface area contributed by atoms with Gasteiger partial charge < -0.3 is 34.9 Å². The van der Waals surface area contributed by atoms with Crippen LogP contribution in [-0.2, 0) is 38.3 Å². The van der Waals surface area contributed by atoms with Gasteiger partial charge in [0.05, 0.1) is 39.4 Å². The molecule has 0 bridgehead atoms. The van der Waals surface area contributed by atoms with Crippen LogP contribution in [0.15, 0.2) is 137 Å². The summed E-state index contributed by atoms with van der Waals surface area (Å²) >= 11 is 0. The molecule has 0 spiro atoms. The molecule has 7 rings (SSSR count). The zero-order valence-electron chi connectivity index (χ0n) is 39.5. The maximum atomic E-state index is 17.0. The number of rotatable bonds is 16. The van der Waals surface area contributed by atoms with Gasteiger partial charge in [-0.05, 0) is 97.6 Å². The number of nitrogens with zero attached hydrogens (tertiary/aromatic N) is 1. The van der Waals surface area contributed by atoms with Crippen molar-refractivity contribution in [1.82, 2.24) is 5.32 Å². The van der Waals surface area contributed by atoms with Gasteiger partial charge in [-0.3, -0.25) is 4.18 Å². The van der Waals surface area contributed by atoms with Crippen molar-refractivity contribution in [2.45, 2.75) is 99.0 Å². The number of unbranched alkanes of at least 4 members (excludes halogenated alkanes) is 1. The molecule has 3 N–H and O–H groups in total. The number of sulfone groups is 1. The fourth-order valence-corrected chi connectivity index (χ4v) is 12.2. The minimum absolute atomic E-state index is 0.0182. The number of fused-ring (bicyclic) bond motifs is 1. The van der Waals surface area contributed by atoms with Crippen LogP contribution in [0.4, 0.5) is 20.6 Å². The number of alkyl halides is 1. The normalized spacial score (nSPS) is 24.0. The standard InChI is InChI=1S/C52H58FN3O12S2/c1-6-8-28-52(7-2)32-69(61,62)42-27-24-38(56(4)5)30-40(42)43(47(52)57)36-20-15-21-37(29-36)54-51(60)55-48-46(68-50(59)35-18-13-10-14-19-35)45(67-49(58)34-16-11-9-12-17-34)44(53)41(66-48)31-65-70(63,64)39-25-22-33(3)23-26-39/h9-27,29-30,41,43-48,57H,6-8,28,31-32H2,1-5H3,(H2,54,55,60)/t41-,43-,44-,45+,46-,47-,48-,52-/m1/s1. The highest BCUT2D eigenvalue weighted by Crippen LogP contribution is 2.49. The van der Waals surface area contributed by atoms with Crippen molar-refractivity contribution in [2.75, 3.05) is 36.7 Å². The zero-order valence-corrected chi connectivity index (χ0v) is 41.1. The molecule has 18 heteroatoms. The third-order valence-corrected chi connectivity index (χ3v) is 16.2. The number of urea groups is 1. The third-order valence-electron chi connectivity index (χ3n) is 12.9. The number of aliphatic hydroxyl groups is 1. The van der Waals surface area contributed by atoms with Gasteiger partial charge >= 0.3 is 18.0 Å². The number of hydrogen-bond acceptors (Lipinski definition) is 13. The van der Waals surface area contributed by atoms with E-state index in [0.29, 0.717) is 36.1 Å². The summed E-state index contributed by atoms with van der Waals surface area (Å²) in [5.74, 6) is -3.12. The molecule has 5 aromatic rings. The smallest absolute Gasteiger partial charge is 0.338 e. The molecule has 1 saturated heterocycles. The van der Waals surface area contributed by atoms with Crippen LogP contribution in [-0.4, -0.2) is 103 Å². The number of aryl methyl sites for hydroxylation is 1. The Hall–Kier alpha value is -6.18. The quantitative estimate of drug-likeness (QED) is 0.0635. The number of ether oxygens (including phenoxy) is 3. The number of amides is 2. The van der Waals surface area contributed by atoms with Crippen LogP contribution in [0.25, 0.3) is 0 Å². The van der Waals surface area contributed by atoms with E-state index >= 15 is 4.39 Å². The molecule has 5 aromatic carbocycles. The number of anilines is 2. The second-order valence-electron chi connectivity index (χ2n) is 17.9. The van der Waals surface area contributed by atoms with E-state index in [0.717, 1.165) is 12.0 Å². The molecule has 0 aliphatic carbocycles. The Balaban J connectivity index is 1.24. The lowest BCUT2D eigenvalue weighted by Crippen LogP contribution is -2.64. The lowest BCUT2D eigenvalue weighted by Gasteiger charge is -2.42. The summed E-state index contributed by atoms with van der Waals surface area (Å²) in [4.78, 5) is 43.2. The SMILES string of the molecule is CCCC[C@]1(CC)CS(=O)(=O)c2ccc(N(C)C)cc2[C@@H](c2cccc(NC(=O)N[C@@H]3O[C@H](COS(=O)(=O)c4ccc(C)cc4)[C@@H](F)[C@H](OC(=O)c4ccccc4)[C@H]3OC(=O)c3ccccc3)c2)[C@H]1O. The van der Waals surface area contributed by atoms with E-state index in [-0.39, 0.29) is 32.4 Å². The Morgan fingerprint density at radius 2 is 1.47 bits per heavy atom. The monoisotopic (exact) mass is 999 g/mol. The van der Waals surface area contributed by atoms with Crippen LogP contribution in [0.5, 0.6) is 0 Å². The van der Waals surface area contributed by atoms with Crippen LogP contribution < -0.4 is 15.5 Å². The van der Waals surface area contributed by atoms with E-state index in [1.807, 2.05) is 32.8 Å². The Kier molecular flexibility index (Phi) is 16.1. The Bertz CT molecular complexity index is 2870. The topological polar surface area (TPSA) is 204 Å². The Labute approximate surface area is 408 Å². The molecule has 0 saturated carbocycles. The van der Waals surface area contributed by atoms with E-state index in [4.69, 9.17) is 18.4 Å². The van der Waals surface area contributed by atoms with Gasteiger partial charge in [0.1, 0.15) is 6.10 Å². The second kappa shape index (κ2) is 21.9. The highest BCUT2D eigenvalue weighted by atomic mass is 32.2. The molecule has 70 heavy (non-hydrogen) atoms.